The van der Waals surface area contributed by atoms with Crippen LogP contribution in [0.3, 0.4) is 0 Å². The summed E-state index contributed by atoms with van der Waals surface area (Å²) in [4.78, 5) is 6.06. The molecule has 4 aromatic rings. The van der Waals surface area contributed by atoms with Crippen LogP contribution in [0.1, 0.15) is 11.3 Å². The van der Waals surface area contributed by atoms with Gasteiger partial charge >= 0.3 is 0 Å². The molecule has 1 N–H and O–H groups in total. The highest BCUT2D eigenvalue weighted by Gasteiger charge is 2.20. The lowest BCUT2D eigenvalue weighted by molar-refractivity contribution is 0.282. The first kappa shape index (κ1) is 15.4. The summed E-state index contributed by atoms with van der Waals surface area (Å²) >= 11 is 0. The Morgan fingerprint density at radius 3 is 2.77 bits per heavy atom. The molecule has 0 saturated carbocycles. The fourth-order valence-electron chi connectivity index (χ4n) is 3.35. The second-order valence-corrected chi connectivity index (χ2v) is 6.97. The minimum Gasteiger partial charge on any atom is -0.316 e. The van der Waals surface area contributed by atoms with Gasteiger partial charge in [-0.25, -0.2) is 13.9 Å². The maximum absolute atomic E-state index is 14.6. The van der Waals surface area contributed by atoms with Crippen molar-refractivity contribution in [1.29, 1.82) is 0 Å². The Hall–Kier alpha value is -2.87. The second kappa shape index (κ2) is 5.57. The second-order valence-electron chi connectivity index (χ2n) is 6.97. The Labute approximate surface area is 148 Å². The number of hydrogen-bond acceptors (Lipinski definition) is 5. The zero-order valence-corrected chi connectivity index (χ0v) is 14.6. The van der Waals surface area contributed by atoms with Gasteiger partial charge in [0.05, 0.1) is 24.1 Å². The van der Waals surface area contributed by atoms with Gasteiger partial charge in [-0.1, -0.05) is 0 Å². The molecule has 0 bridgehead atoms. The zero-order chi connectivity index (χ0) is 17.8. The summed E-state index contributed by atoms with van der Waals surface area (Å²) in [5.41, 5.74) is 4.92. The quantitative estimate of drug-likeness (QED) is 0.612. The van der Waals surface area contributed by atoms with Gasteiger partial charge in [0.2, 0.25) is 0 Å². The van der Waals surface area contributed by atoms with Crippen LogP contribution in [0.15, 0.2) is 24.4 Å². The topological polar surface area (TPSA) is 72.9 Å². The van der Waals surface area contributed by atoms with E-state index in [1.165, 1.54) is 6.07 Å². The average Bonchev–Trinajstić information content (AvgIpc) is 3.14. The van der Waals surface area contributed by atoms with Crippen molar-refractivity contribution in [2.45, 2.75) is 20.4 Å². The predicted molar refractivity (Wildman–Crippen MR) is 95.3 cm³/mol. The molecule has 0 amide bonds. The first-order valence-electron chi connectivity index (χ1n) is 8.66. The number of aryl methyl sites for hydroxylation is 2. The summed E-state index contributed by atoms with van der Waals surface area (Å²) in [5.74, 6) is 0.132. The van der Waals surface area contributed by atoms with E-state index in [4.69, 9.17) is 0 Å². The minimum absolute atomic E-state index is 0.303. The van der Waals surface area contributed by atoms with Gasteiger partial charge in [-0.3, -0.25) is 0 Å². The van der Waals surface area contributed by atoms with Crippen molar-refractivity contribution in [3.63, 3.8) is 0 Å². The Kier molecular flexibility index (Phi) is 3.30. The van der Waals surface area contributed by atoms with E-state index >= 15 is 0 Å². The van der Waals surface area contributed by atoms with Crippen LogP contribution in [0.4, 0.5) is 4.39 Å². The monoisotopic (exact) mass is 351 g/mol. The summed E-state index contributed by atoms with van der Waals surface area (Å²) in [5, 5.41) is 16.6. The summed E-state index contributed by atoms with van der Waals surface area (Å²) in [7, 11) is 0. The van der Waals surface area contributed by atoms with Gasteiger partial charge < -0.3 is 5.32 Å². The van der Waals surface area contributed by atoms with Crippen molar-refractivity contribution < 1.29 is 4.39 Å². The third kappa shape index (κ3) is 2.45. The molecule has 0 radical (unpaired) electrons. The fourth-order valence-corrected chi connectivity index (χ4v) is 3.35. The first-order valence-corrected chi connectivity index (χ1v) is 8.66. The molecule has 4 heterocycles. The molecule has 26 heavy (non-hydrogen) atoms. The molecule has 1 fully saturated rings. The van der Waals surface area contributed by atoms with E-state index in [1.807, 2.05) is 32.2 Å². The number of aromatic nitrogens is 6. The van der Waals surface area contributed by atoms with Crippen molar-refractivity contribution >= 4 is 16.7 Å². The van der Waals surface area contributed by atoms with Crippen molar-refractivity contribution in [2.24, 2.45) is 5.92 Å². The highest BCUT2D eigenvalue weighted by molar-refractivity contribution is 5.81. The largest absolute Gasteiger partial charge is 0.316 e. The summed E-state index contributed by atoms with van der Waals surface area (Å²) in [6.45, 7) is 6.52. The van der Waals surface area contributed by atoms with Crippen molar-refractivity contribution in [3.05, 3.63) is 41.5 Å². The minimum atomic E-state index is -0.378. The van der Waals surface area contributed by atoms with Crippen LogP contribution >= 0.6 is 0 Å². The van der Waals surface area contributed by atoms with Crippen molar-refractivity contribution in [3.8, 4) is 11.3 Å². The van der Waals surface area contributed by atoms with E-state index in [1.54, 1.807) is 9.31 Å². The molecule has 5 rings (SSSR count). The van der Waals surface area contributed by atoms with E-state index in [9.17, 15) is 4.39 Å². The number of nitrogens with one attached hydrogen (secondary N) is 1. The van der Waals surface area contributed by atoms with Gasteiger partial charge in [0, 0.05) is 24.6 Å². The Morgan fingerprint density at radius 1 is 1.15 bits per heavy atom. The van der Waals surface area contributed by atoms with E-state index in [-0.39, 0.29) is 5.82 Å². The lowest BCUT2D eigenvalue weighted by Crippen LogP contribution is -2.44. The fraction of sp³-hybridized carbons (Fsp3) is 0.333. The van der Waals surface area contributed by atoms with Crippen LogP contribution in [0.5, 0.6) is 0 Å². The molecule has 3 aromatic heterocycles. The Balaban J connectivity index is 1.60. The first-order chi connectivity index (χ1) is 12.6. The molecule has 0 unspecified atom stereocenters. The molecule has 1 aliphatic rings. The lowest BCUT2D eigenvalue weighted by atomic mass is 10.0. The number of benzene rings is 1. The molecule has 0 spiro atoms. The van der Waals surface area contributed by atoms with Gasteiger partial charge in [0.25, 0.3) is 0 Å². The highest BCUT2D eigenvalue weighted by atomic mass is 19.1. The molecule has 0 aliphatic carbocycles. The number of imidazole rings is 1. The van der Waals surface area contributed by atoms with Crippen LogP contribution in [-0.4, -0.2) is 42.7 Å². The van der Waals surface area contributed by atoms with Gasteiger partial charge in [0.1, 0.15) is 11.0 Å². The molecule has 7 nitrogen and oxygen atoms in total. The van der Waals surface area contributed by atoms with Crippen LogP contribution in [0.2, 0.25) is 0 Å². The van der Waals surface area contributed by atoms with E-state index in [2.05, 4.69) is 25.6 Å². The average molecular weight is 351 g/mol. The van der Waals surface area contributed by atoms with E-state index in [0.29, 0.717) is 34.8 Å². The van der Waals surface area contributed by atoms with Crippen LogP contribution in [0, 0.1) is 25.6 Å². The van der Waals surface area contributed by atoms with Gasteiger partial charge in [-0.15, -0.1) is 0 Å². The summed E-state index contributed by atoms with van der Waals surface area (Å²) in [6, 6.07) is 5.24. The molecular weight excluding hydrogens is 333 g/mol. The summed E-state index contributed by atoms with van der Waals surface area (Å²) < 4.78 is 16.4. The number of halogens is 1. The predicted octanol–water partition coefficient (Wildman–Crippen LogP) is 2.12. The van der Waals surface area contributed by atoms with Gasteiger partial charge in [-0.2, -0.15) is 20.1 Å². The molecule has 8 heteroatoms. The lowest BCUT2D eigenvalue weighted by Gasteiger charge is -2.25. The number of fused-ring (bicyclic) bond motifs is 2. The molecule has 1 aliphatic heterocycles. The SMILES string of the molecule is Cc1cn2nc(-c3cc(F)c4nn(CC5CNC5)nc4c3)cc(C)c2n1. The maximum Gasteiger partial charge on any atom is 0.156 e. The maximum atomic E-state index is 14.6. The Bertz CT molecular complexity index is 1140. The van der Waals surface area contributed by atoms with Crippen molar-refractivity contribution in [2.75, 3.05) is 13.1 Å². The molecular formula is C18H18FN7. The highest BCUT2D eigenvalue weighted by Crippen LogP contribution is 2.25. The van der Waals surface area contributed by atoms with Crippen LogP contribution < -0.4 is 5.32 Å². The normalized spacial score (nSPS) is 15.0. The molecule has 1 aromatic carbocycles. The van der Waals surface area contributed by atoms with Gasteiger partial charge in [0.15, 0.2) is 11.5 Å². The third-order valence-corrected chi connectivity index (χ3v) is 4.79. The zero-order valence-electron chi connectivity index (χ0n) is 14.6. The smallest absolute Gasteiger partial charge is 0.156 e. The van der Waals surface area contributed by atoms with Crippen LogP contribution in [-0.2, 0) is 6.54 Å². The number of nitrogens with zero attached hydrogens (tertiary/aromatic N) is 6. The van der Waals surface area contributed by atoms with Crippen LogP contribution in [0.25, 0.3) is 27.9 Å². The number of rotatable bonds is 3. The van der Waals surface area contributed by atoms with E-state index in [0.717, 1.165) is 30.0 Å². The summed E-state index contributed by atoms with van der Waals surface area (Å²) in [6.07, 6.45) is 1.86. The molecule has 0 atom stereocenters. The Morgan fingerprint density at radius 2 is 2.00 bits per heavy atom. The van der Waals surface area contributed by atoms with Gasteiger partial charge in [-0.05, 0) is 37.6 Å². The molecule has 132 valence electrons. The third-order valence-electron chi connectivity index (χ3n) is 4.79. The van der Waals surface area contributed by atoms with E-state index < -0.39 is 0 Å². The number of hydrogen-bond donors (Lipinski definition) is 1. The van der Waals surface area contributed by atoms with Crippen molar-refractivity contribution in [1.82, 2.24) is 34.9 Å². The standard InChI is InChI=1S/C18H18FN7/c1-10-3-15(22-25-8-11(2)21-18(10)25)13-4-14(19)17-16(5-13)23-26(24-17)9-12-6-20-7-12/h3-5,8,12,20H,6-7,9H2,1-2H3. The molecule has 1 saturated heterocycles.